The standard InChI is InChI=1S/C23H31NO/c1-2-3-13-23(21-10-7-11-22(25)19-21)14-17-24(18-15-23)16-12-20-8-5-4-6-9-20/h4-11,19,25H,2-3,12-18H2,1H3. The van der Waals surface area contributed by atoms with Gasteiger partial charge < -0.3 is 10.0 Å². The van der Waals surface area contributed by atoms with Crippen LogP contribution < -0.4 is 0 Å². The van der Waals surface area contributed by atoms with Gasteiger partial charge in [0.15, 0.2) is 0 Å². The number of hydrogen-bond acceptors (Lipinski definition) is 2. The van der Waals surface area contributed by atoms with Crippen LogP contribution in [0.4, 0.5) is 0 Å². The van der Waals surface area contributed by atoms with Crippen LogP contribution in [0.1, 0.15) is 50.2 Å². The van der Waals surface area contributed by atoms with Gasteiger partial charge in [-0.2, -0.15) is 0 Å². The Morgan fingerprint density at radius 2 is 1.76 bits per heavy atom. The zero-order valence-corrected chi connectivity index (χ0v) is 15.5. The summed E-state index contributed by atoms with van der Waals surface area (Å²) in [6.07, 6.45) is 7.27. The molecule has 0 aliphatic carbocycles. The minimum atomic E-state index is 0.248. The highest BCUT2D eigenvalue weighted by molar-refractivity contribution is 5.33. The number of piperidine rings is 1. The fraction of sp³-hybridized carbons (Fsp3) is 0.478. The van der Waals surface area contributed by atoms with Crippen LogP contribution in [0.15, 0.2) is 54.6 Å². The Hall–Kier alpha value is -1.80. The van der Waals surface area contributed by atoms with E-state index in [-0.39, 0.29) is 5.41 Å². The lowest BCUT2D eigenvalue weighted by atomic mass is 9.69. The summed E-state index contributed by atoms with van der Waals surface area (Å²) in [5.74, 6) is 0.403. The molecular weight excluding hydrogens is 306 g/mol. The SMILES string of the molecule is CCCCC1(c2cccc(O)c2)CCN(CCc2ccccc2)CC1. The molecule has 0 atom stereocenters. The third-order valence-corrected chi connectivity index (χ3v) is 5.84. The predicted octanol–water partition coefficient (Wildman–Crippen LogP) is 5.16. The predicted molar refractivity (Wildman–Crippen MR) is 105 cm³/mol. The molecule has 0 unspecified atom stereocenters. The average Bonchev–Trinajstić information content (AvgIpc) is 2.66. The second-order valence-electron chi connectivity index (χ2n) is 7.51. The first-order chi connectivity index (χ1) is 12.2. The van der Waals surface area contributed by atoms with E-state index in [0.717, 1.165) is 26.1 Å². The Kier molecular flexibility index (Phi) is 6.14. The van der Waals surface area contributed by atoms with Crippen molar-refractivity contribution in [3.05, 3.63) is 65.7 Å². The highest BCUT2D eigenvalue weighted by Gasteiger charge is 2.35. The van der Waals surface area contributed by atoms with E-state index in [4.69, 9.17) is 0 Å². The molecule has 2 heteroatoms. The zero-order chi connectivity index (χ0) is 17.5. The highest BCUT2D eigenvalue weighted by Crippen LogP contribution is 2.41. The van der Waals surface area contributed by atoms with E-state index >= 15 is 0 Å². The Labute approximate surface area is 152 Å². The first kappa shape index (κ1) is 18.0. The summed E-state index contributed by atoms with van der Waals surface area (Å²) in [5.41, 5.74) is 3.01. The van der Waals surface area contributed by atoms with Gasteiger partial charge in [0.25, 0.3) is 0 Å². The monoisotopic (exact) mass is 337 g/mol. The van der Waals surface area contributed by atoms with Crippen molar-refractivity contribution >= 4 is 0 Å². The number of phenolic OH excluding ortho intramolecular Hbond substituents is 1. The minimum Gasteiger partial charge on any atom is -0.508 e. The maximum atomic E-state index is 9.94. The average molecular weight is 338 g/mol. The molecule has 134 valence electrons. The van der Waals surface area contributed by atoms with Crippen LogP contribution >= 0.6 is 0 Å². The third-order valence-electron chi connectivity index (χ3n) is 5.84. The van der Waals surface area contributed by atoms with E-state index in [9.17, 15) is 5.11 Å². The molecule has 1 aliphatic rings. The quantitative estimate of drug-likeness (QED) is 0.754. The lowest BCUT2D eigenvalue weighted by Gasteiger charge is -2.42. The number of unbranched alkanes of at least 4 members (excludes halogenated alkanes) is 1. The van der Waals surface area contributed by atoms with Crippen molar-refractivity contribution < 1.29 is 5.11 Å². The van der Waals surface area contributed by atoms with E-state index in [1.165, 1.54) is 43.2 Å². The maximum absolute atomic E-state index is 9.94. The van der Waals surface area contributed by atoms with Crippen molar-refractivity contribution in [2.24, 2.45) is 0 Å². The number of nitrogens with zero attached hydrogens (tertiary/aromatic N) is 1. The molecule has 2 nitrogen and oxygen atoms in total. The first-order valence-electron chi connectivity index (χ1n) is 9.78. The molecule has 0 radical (unpaired) electrons. The van der Waals surface area contributed by atoms with Gasteiger partial charge in [-0.25, -0.2) is 0 Å². The second-order valence-corrected chi connectivity index (χ2v) is 7.51. The molecule has 1 saturated heterocycles. The van der Waals surface area contributed by atoms with Gasteiger partial charge in [-0.05, 0) is 67.4 Å². The van der Waals surface area contributed by atoms with Crippen LogP contribution in [0.3, 0.4) is 0 Å². The molecular formula is C23H31NO. The topological polar surface area (TPSA) is 23.5 Å². The molecule has 1 fully saturated rings. The molecule has 2 aromatic rings. The van der Waals surface area contributed by atoms with Crippen molar-refractivity contribution in [2.75, 3.05) is 19.6 Å². The summed E-state index contributed by atoms with van der Waals surface area (Å²) in [6, 6.07) is 18.8. The van der Waals surface area contributed by atoms with Crippen LogP contribution in [-0.4, -0.2) is 29.6 Å². The zero-order valence-electron chi connectivity index (χ0n) is 15.5. The van der Waals surface area contributed by atoms with E-state index < -0.39 is 0 Å². The summed E-state index contributed by atoms with van der Waals surface area (Å²) in [4.78, 5) is 2.61. The molecule has 1 N–H and O–H groups in total. The molecule has 0 bridgehead atoms. The lowest BCUT2D eigenvalue weighted by molar-refractivity contribution is 0.151. The summed E-state index contributed by atoms with van der Waals surface area (Å²) < 4.78 is 0. The molecule has 0 saturated carbocycles. The van der Waals surface area contributed by atoms with Crippen LogP contribution in [0.5, 0.6) is 5.75 Å². The van der Waals surface area contributed by atoms with Crippen LogP contribution in [0.25, 0.3) is 0 Å². The summed E-state index contributed by atoms with van der Waals surface area (Å²) in [6.45, 7) is 5.73. The van der Waals surface area contributed by atoms with Gasteiger partial charge in [-0.1, -0.05) is 62.2 Å². The van der Waals surface area contributed by atoms with E-state index in [2.05, 4.69) is 48.2 Å². The Morgan fingerprint density at radius 3 is 2.44 bits per heavy atom. The molecule has 25 heavy (non-hydrogen) atoms. The molecule has 0 aromatic heterocycles. The lowest BCUT2D eigenvalue weighted by Crippen LogP contribution is -2.43. The Balaban J connectivity index is 1.63. The molecule has 0 spiro atoms. The van der Waals surface area contributed by atoms with Crippen molar-refractivity contribution in [3.8, 4) is 5.75 Å². The largest absolute Gasteiger partial charge is 0.508 e. The fourth-order valence-electron chi connectivity index (χ4n) is 4.17. The van der Waals surface area contributed by atoms with Crippen LogP contribution in [0.2, 0.25) is 0 Å². The molecule has 0 amide bonds. The molecule has 1 aliphatic heterocycles. The van der Waals surface area contributed by atoms with E-state index in [1.807, 2.05) is 12.1 Å². The van der Waals surface area contributed by atoms with Crippen LogP contribution in [0, 0.1) is 0 Å². The van der Waals surface area contributed by atoms with Gasteiger partial charge in [0.05, 0.1) is 0 Å². The van der Waals surface area contributed by atoms with Gasteiger partial charge in [0.1, 0.15) is 5.75 Å². The smallest absolute Gasteiger partial charge is 0.115 e. The van der Waals surface area contributed by atoms with E-state index in [0.29, 0.717) is 5.75 Å². The highest BCUT2D eigenvalue weighted by atomic mass is 16.3. The number of benzene rings is 2. The second kappa shape index (κ2) is 8.53. The van der Waals surface area contributed by atoms with Crippen molar-refractivity contribution in [1.29, 1.82) is 0 Å². The fourth-order valence-corrected chi connectivity index (χ4v) is 4.17. The van der Waals surface area contributed by atoms with Gasteiger partial charge in [-0.3, -0.25) is 0 Å². The molecule has 2 aromatic carbocycles. The number of hydrogen-bond donors (Lipinski definition) is 1. The maximum Gasteiger partial charge on any atom is 0.115 e. The van der Waals surface area contributed by atoms with Gasteiger partial charge in [0, 0.05) is 6.54 Å². The van der Waals surface area contributed by atoms with Crippen LogP contribution in [-0.2, 0) is 11.8 Å². The number of likely N-dealkylation sites (tertiary alicyclic amines) is 1. The number of aromatic hydroxyl groups is 1. The Bertz CT molecular complexity index is 644. The Morgan fingerprint density at radius 1 is 1.00 bits per heavy atom. The minimum absolute atomic E-state index is 0.248. The molecule has 1 heterocycles. The number of rotatable bonds is 7. The first-order valence-corrected chi connectivity index (χ1v) is 9.78. The third kappa shape index (κ3) is 4.64. The van der Waals surface area contributed by atoms with Crippen molar-refractivity contribution in [3.63, 3.8) is 0 Å². The summed E-state index contributed by atoms with van der Waals surface area (Å²) in [7, 11) is 0. The van der Waals surface area contributed by atoms with Crippen molar-refractivity contribution in [2.45, 2.75) is 50.9 Å². The van der Waals surface area contributed by atoms with Gasteiger partial charge >= 0.3 is 0 Å². The summed E-state index contributed by atoms with van der Waals surface area (Å²) >= 11 is 0. The normalized spacial score (nSPS) is 17.5. The van der Waals surface area contributed by atoms with Gasteiger partial charge in [0.2, 0.25) is 0 Å². The van der Waals surface area contributed by atoms with E-state index in [1.54, 1.807) is 6.07 Å². The van der Waals surface area contributed by atoms with Gasteiger partial charge in [-0.15, -0.1) is 0 Å². The van der Waals surface area contributed by atoms with Crippen molar-refractivity contribution in [1.82, 2.24) is 4.90 Å². The number of phenols is 1. The molecule has 3 rings (SSSR count). The summed E-state index contributed by atoms with van der Waals surface area (Å²) in [5, 5.41) is 9.94.